The second kappa shape index (κ2) is 6.20. The van der Waals surface area contributed by atoms with E-state index < -0.39 is 18.1 Å². The van der Waals surface area contributed by atoms with Crippen LogP contribution in [0.3, 0.4) is 0 Å². The first-order valence-corrected chi connectivity index (χ1v) is 5.90. The zero-order chi connectivity index (χ0) is 13.7. The summed E-state index contributed by atoms with van der Waals surface area (Å²) in [5.74, 6) is -0.561. The zero-order valence-electron chi connectivity index (χ0n) is 9.56. The minimum absolute atomic E-state index is 0.321. The van der Waals surface area contributed by atoms with Crippen LogP contribution in [-0.2, 0) is 4.74 Å². The number of carbonyl (C=O) groups is 2. The van der Waals surface area contributed by atoms with Crippen LogP contribution in [0.5, 0.6) is 0 Å². The van der Waals surface area contributed by atoms with Crippen molar-refractivity contribution in [3.63, 3.8) is 0 Å². The Balaban J connectivity index is 3.14. The number of benzene rings is 1. The van der Waals surface area contributed by atoms with Gasteiger partial charge < -0.3 is 16.2 Å². The number of halogens is 1. The Morgan fingerprint density at radius 2 is 2.06 bits per heavy atom. The van der Waals surface area contributed by atoms with Crippen LogP contribution in [-0.4, -0.2) is 12.0 Å². The third-order valence-electron chi connectivity index (χ3n) is 2.22. The van der Waals surface area contributed by atoms with Crippen molar-refractivity contribution in [2.24, 2.45) is 11.5 Å². The van der Waals surface area contributed by atoms with E-state index in [1.54, 1.807) is 24.3 Å². The average molecular weight is 313 g/mol. The van der Waals surface area contributed by atoms with Crippen molar-refractivity contribution in [1.82, 2.24) is 0 Å². The van der Waals surface area contributed by atoms with E-state index in [0.717, 1.165) is 0 Å². The molecule has 6 heteroatoms. The summed E-state index contributed by atoms with van der Waals surface area (Å²) in [5, 5.41) is 0. The summed E-state index contributed by atoms with van der Waals surface area (Å²) in [6.07, 6.45) is 0.508. The van der Waals surface area contributed by atoms with Crippen LogP contribution in [0.4, 0.5) is 4.79 Å². The summed E-state index contributed by atoms with van der Waals surface area (Å²) in [6.45, 7) is 3.58. The van der Waals surface area contributed by atoms with Crippen molar-refractivity contribution in [3.05, 3.63) is 46.5 Å². The van der Waals surface area contributed by atoms with Crippen LogP contribution in [0.2, 0.25) is 0 Å². The lowest BCUT2D eigenvalue weighted by Crippen LogP contribution is -2.18. The lowest BCUT2D eigenvalue weighted by Gasteiger charge is -2.16. The van der Waals surface area contributed by atoms with Gasteiger partial charge in [-0.2, -0.15) is 0 Å². The summed E-state index contributed by atoms with van der Waals surface area (Å²) in [4.78, 5) is 22.0. The summed E-state index contributed by atoms with van der Waals surface area (Å²) in [7, 11) is 0. The molecular weight excluding hydrogens is 300 g/mol. The number of ether oxygens (including phenoxy) is 1. The molecule has 0 saturated carbocycles. The molecule has 0 aliphatic rings. The Morgan fingerprint density at radius 3 is 2.56 bits per heavy atom. The number of carbonyl (C=O) groups excluding carboxylic acids is 2. The predicted molar refractivity (Wildman–Crippen MR) is 70.9 cm³/mol. The summed E-state index contributed by atoms with van der Waals surface area (Å²) >= 11 is 3.26. The van der Waals surface area contributed by atoms with Gasteiger partial charge in [0.25, 0.3) is 0 Å². The molecule has 0 aromatic heterocycles. The van der Waals surface area contributed by atoms with Gasteiger partial charge in [0.2, 0.25) is 5.91 Å². The van der Waals surface area contributed by atoms with Gasteiger partial charge in [0.15, 0.2) is 0 Å². The van der Waals surface area contributed by atoms with Gasteiger partial charge in [-0.05, 0) is 23.8 Å². The number of nitrogens with two attached hydrogens (primary N) is 2. The van der Waals surface area contributed by atoms with E-state index in [2.05, 4.69) is 22.5 Å². The van der Waals surface area contributed by atoms with Crippen molar-refractivity contribution < 1.29 is 14.3 Å². The Kier molecular flexibility index (Phi) is 4.91. The van der Waals surface area contributed by atoms with Crippen LogP contribution in [0.15, 0.2) is 35.3 Å². The lowest BCUT2D eigenvalue weighted by molar-refractivity contribution is 0.0999. The fourth-order valence-corrected chi connectivity index (χ4v) is 2.00. The van der Waals surface area contributed by atoms with Gasteiger partial charge in [-0.15, -0.1) is 6.58 Å². The van der Waals surface area contributed by atoms with Gasteiger partial charge in [0, 0.05) is 16.5 Å². The van der Waals surface area contributed by atoms with E-state index in [9.17, 15) is 9.59 Å². The average Bonchev–Trinajstić information content (AvgIpc) is 2.27. The molecule has 4 N–H and O–H groups in total. The molecule has 0 aliphatic heterocycles. The Labute approximate surface area is 113 Å². The highest BCUT2D eigenvalue weighted by Gasteiger charge is 2.16. The quantitative estimate of drug-likeness (QED) is 0.816. The fraction of sp³-hybridized carbons (Fsp3) is 0.167. The molecule has 0 bridgehead atoms. The monoisotopic (exact) mass is 312 g/mol. The molecule has 0 spiro atoms. The van der Waals surface area contributed by atoms with Crippen LogP contribution in [0.25, 0.3) is 0 Å². The second-order valence-corrected chi connectivity index (χ2v) is 4.50. The van der Waals surface area contributed by atoms with E-state index in [-0.39, 0.29) is 0 Å². The summed E-state index contributed by atoms with van der Waals surface area (Å²) in [5.41, 5.74) is 11.2. The number of hydrogen-bond donors (Lipinski definition) is 2. The maximum Gasteiger partial charge on any atom is 0.405 e. The molecule has 0 fully saturated rings. The van der Waals surface area contributed by atoms with Gasteiger partial charge >= 0.3 is 6.09 Å². The number of amides is 2. The minimum atomic E-state index is -0.887. The third kappa shape index (κ3) is 3.89. The molecule has 5 nitrogen and oxygen atoms in total. The number of hydrogen-bond acceptors (Lipinski definition) is 3. The molecule has 96 valence electrons. The molecule has 1 atom stereocenters. The summed E-state index contributed by atoms with van der Waals surface area (Å²) < 4.78 is 5.62. The zero-order valence-corrected chi connectivity index (χ0v) is 11.1. The highest BCUT2D eigenvalue weighted by molar-refractivity contribution is 9.10. The Morgan fingerprint density at radius 1 is 1.39 bits per heavy atom. The second-order valence-electron chi connectivity index (χ2n) is 3.59. The van der Waals surface area contributed by atoms with Gasteiger partial charge in [0.1, 0.15) is 6.10 Å². The molecule has 0 radical (unpaired) electrons. The minimum Gasteiger partial charge on any atom is -0.441 e. The van der Waals surface area contributed by atoms with E-state index >= 15 is 0 Å². The molecule has 18 heavy (non-hydrogen) atoms. The van der Waals surface area contributed by atoms with E-state index in [4.69, 9.17) is 16.2 Å². The maximum absolute atomic E-state index is 11.2. The molecule has 0 unspecified atom stereocenters. The topological polar surface area (TPSA) is 95.4 Å². The fourth-order valence-electron chi connectivity index (χ4n) is 1.48. The normalized spacial score (nSPS) is 11.6. The van der Waals surface area contributed by atoms with E-state index in [1.165, 1.54) is 0 Å². The maximum atomic E-state index is 11.2. The van der Waals surface area contributed by atoms with Crippen molar-refractivity contribution >= 4 is 27.9 Å². The van der Waals surface area contributed by atoms with Crippen molar-refractivity contribution in [2.45, 2.75) is 12.5 Å². The number of rotatable bonds is 5. The van der Waals surface area contributed by atoms with Crippen molar-refractivity contribution in [2.75, 3.05) is 0 Å². The molecule has 0 heterocycles. The molecule has 0 saturated heterocycles. The van der Waals surface area contributed by atoms with Crippen molar-refractivity contribution in [1.29, 1.82) is 0 Å². The Bertz CT molecular complexity index is 488. The predicted octanol–water partition coefficient (Wildman–Crippen LogP) is 2.26. The highest BCUT2D eigenvalue weighted by Crippen LogP contribution is 2.26. The third-order valence-corrected chi connectivity index (χ3v) is 2.67. The molecular formula is C12H13BrN2O3. The first-order valence-electron chi connectivity index (χ1n) is 5.11. The molecule has 1 rings (SSSR count). The highest BCUT2D eigenvalue weighted by atomic mass is 79.9. The van der Waals surface area contributed by atoms with Gasteiger partial charge in [0.05, 0.1) is 0 Å². The SMILES string of the molecule is C=CC[C@H](OC(N)=O)c1cc(Br)cc(C(N)=O)c1. The summed E-state index contributed by atoms with van der Waals surface area (Å²) in [6, 6.07) is 4.87. The van der Waals surface area contributed by atoms with Gasteiger partial charge in [-0.25, -0.2) is 4.79 Å². The first-order chi connectivity index (χ1) is 8.43. The smallest absolute Gasteiger partial charge is 0.405 e. The van der Waals surface area contributed by atoms with Crippen LogP contribution >= 0.6 is 15.9 Å². The molecule has 0 aliphatic carbocycles. The lowest BCUT2D eigenvalue weighted by atomic mass is 10.0. The molecule has 2 amide bonds. The Hall–Kier alpha value is -1.82. The first kappa shape index (κ1) is 14.2. The van der Waals surface area contributed by atoms with Crippen molar-refractivity contribution in [3.8, 4) is 0 Å². The number of primary amides is 2. The van der Waals surface area contributed by atoms with Gasteiger partial charge in [-0.1, -0.05) is 22.0 Å². The van der Waals surface area contributed by atoms with Crippen LogP contribution < -0.4 is 11.5 Å². The standard InChI is InChI=1S/C12H13BrN2O3/c1-2-3-10(18-12(15)17)7-4-8(11(14)16)6-9(13)5-7/h2,4-6,10H,1,3H2,(H2,14,16)(H2,15,17)/t10-/m0/s1. The van der Waals surface area contributed by atoms with E-state index in [0.29, 0.717) is 22.0 Å². The largest absolute Gasteiger partial charge is 0.441 e. The van der Waals surface area contributed by atoms with Crippen LogP contribution in [0.1, 0.15) is 28.4 Å². The van der Waals surface area contributed by atoms with Crippen LogP contribution in [0, 0.1) is 0 Å². The molecule has 1 aromatic carbocycles. The molecule has 1 aromatic rings. The van der Waals surface area contributed by atoms with Gasteiger partial charge in [-0.3, -0.25) is 4.79 Å². The van der Waals surface area contributed by atoms with E-state index in [1.807, 2.05) is 0 Å².